The Morgan fingerprint density at radius 1 is 1.04 bits per heavy atom. The molecule has 3 aromatic rings. The number of anilines is 3. The maximum atomic E-state index is 12.1. The number of rotatable bonds is 5. The molecule has 0 unspecified atom stereocenters. The summed E-state index contributed by atoms with van der Waals surface area (Å²) in [6, 6.07) is 15.1. The van der Waals surface area contributed by atoms with Crippen LogP contribution in [0.15, 0.2) is 48.5 Å². The molecular formula is C18H19N5OS. The minimum atomic E-state index is -0.268. The molecule has 3 rings (SSSR count). The van der Waals surface area contributed by atoms with E-state index in [1.54, 1.807) is 0 Å². The molecule has 25 heavy (non-hydrogen) atoms. The highest BCUT2D eigenvalue weighted by Gasteiger charge is 2.04. The Morgan fingerprint density at radius 2 is 1.76 bits per heavy atom. The molecule has 0 saturated heterocycles. The zero-order valence-electron chi connectivity index (χ0n) is 14.0. The molecule has 0 bridgehead atoms. The lowest BCUT2D eigenvalue weighted by molar-refractivity contribution is 0.262. The number of carbonyl (C=O) groups excluding carboxylic acids is 1. The van der Waals surface area contributed by atoms with E-state index in [0.29, 0.717) is 6.54 Å². The van der Waals surface area contributed by atoms with Gasteiger partial charge in [-0.1, -0.05) is 24.3 Å². The first-order valence-electron chi connectivity index (χ1n) is 7.86. The van der Waals surface area contributed by atoms with Crippen LogP contribution in [0.3, 0.4) is 0 Å². The van der Waals surface area contributed by atoms with E-state index in [1.807, 2.05) is 62.4 Å². The Hall–Kier alpha value is -2.93. The largest absolute Gasteiger partial charge is 0.356 e. The molecule has 1 heterocycles. The number of nitrogens with one attached hydrogen (secondary N) is 3. The molecule has 7 heteroatoms. The van der Waals surface area contributed by atoms with Crippen LogP contribution in [0.5, 0.6) is 0 Å². The van der Waals surface area contributed by atoms with Crippen molar-refractivity contribution < 1.29 is 4.79 Å². The molecule has 0 atom stereocenters. The van der Waals surface area contributed by atoms with E-state index in [2.05, 4.69) is 25.3 Å². The highest BCUT2D eigenvalue weighted by molar-refractivity contribution is 7.09. The van der Waals surface area contributed by atoms with Crippen LogP contribution < -0.4 is 16.0 Å². The molecule has 3 N–H and O–H groups in total. The van der Waals surface area contributed by atoms with E-state index < -0.39 is 0 Å². The maximum absolute atomic E-state index is 12.1. The summed E-state index contributed by atoms with van der Waals surface area (Å²) < 4.78 is 4.13. The van der Waals surface area contributed by atoms with Gasteiger partial charge in [0.25, 0.3) is 0 Å². The summed E-state index contributed by atoms with van der Waals surface area (Å²) in [5.41, 5.74) is 3.64. The highest BCUT2D eigenvalue weighted by atomic mass is 32.1. The van der Waals surface area contributed by atoms with Crippen LogP contribution in [-0.2, 0) is 6.54 Å². The minimum absolute atomic E-state index is 0.268. The van der Waals surface area contributed by atoms with Gasteiger partial charge < -0.3 is 16.0 Å². The van der Waals surface area contributed by atoms with Crippen molar-refractivity contribution in [3.63, 3.8) is 0 Å². The van der Waals surface area contributed by atoms with Gasteiger partial charge in [-0.05, 0) is 49.2 Å². The quantitative estimate of drug-likeness (QED) is 0.635. The van der Waals surface area contributed by atoms with E-state index >= 15 is 0 Å². The van der Waals surface area contributed by atoms with Gasteiger partial charge in [-0.15, -0.1) is 0 Å². The first-order chi connectivity index (χ1) is 12.1. The first-order valence-corrected chi connectivity index (χ1v) is 8.63. The topological polar surface area (TPSA) is 78.9 Å². The molecule has 0 aliphatic carbocycles. The Morgan fingerprint density at radius 3 is 2.44 bits per heavy atom. The predicted molar refractivity (Wildman–Crippen MR) is 102 cm³/mol. The summed E-state index contributed by atoms with van der Waals surface area (Å²) in [6.45, 7) is 4.46. The molecule has 0 spiro atoms. The first kappa shape index (κ1) is 16.9. The summed E-state index contributed by atoms with van der Waals surface area (Å²) in [7, 11) is 0. The van der Waals surface area contributed by atoms with Gasteiger partial charge in [-0.3, -0.25) is 0 Å². The second-order valence-corrected chi connectivity index (χ2v) is 6.40. The smallest absolute Gasteiger partial charge is 0.323 e. The van der Waals surface area contributed by atoms with E-state index in [4.69, 9.17) is 0 Å². The third-order valence-electron chi connectivity index (χ3n) is 3.43. The standard InChI is InChI=1S/C18H19N5OS/c1-12-5-3-7-15(9-12)21-17(24)22-16-8-4-6-14(10-16)11-19-18-20-13(2)23-25-18/h3-10H,11H2,1-2H3,(H,19,20,23)(H2,21,22,24). The van der Waals surface area contributed by atoms with Crippen molar-refractivity contribution in [1.82, 2.24) is 9.36 Å². The van der Waals surface area contributed by atoms with Crippen molar-refractivity contribution in [2.75, 3.05) is 16.0 Å². The molecule has 128 valence electrons. The molecule has 6 nitrogen and oxygen atoms in total. The van der Waals surface area contributed by atoms with Gasteiger partial charge in [0.2, 0.25) is 5.13 Å². The maximum Gasteiger partial charge on any atom is 0.323 e. The van der Waals surface area contributed by atoms with Gasteiger partial charge in [-0.25, -0.2) is 9.78 Å². The number of carbonyl (C=O) groups is 1. The van der Waals surface area contributed by atoms with Crippen molar-refractivity contribution in [2.45, 2.75) is 20.4 Å². The van der Waals surface area contributed by atoms with Gasteiger partial charge >= 0.3 is 6.03 Å². The number of nitrogens with zero attached hydrogens (tertiary/aromatic N) is 2. The summed E-state index contributed by atoms with van der Waals surface area (Å²) in [5, 5.41) is 9.69. The summed E-state index contributed by atoms with van der Waals surface area (Å²) in [6.07, 6.45) is 0. The van der Waals surface area contributed by atoms with Gasteiger partial charge in [0, 0.05) is 29.5 Å². The Balaban J connectivity index is 1.58. The lowest BCUT2D eigenvalue weighted by Gasteiger charge is -2.10. The van der Waals surface area contributed by atoms with E-state index in [0.717, 1.165) is 33.5 Å². The molecule has 2 aromatic carbocycles. The van der Waals surface area contributed by atoms with Gasteiger partial charge in [0.05, 0.1) is 0 Å². The molecule has 0 fully saturated rings. The van der Waals surface area contributed by atoms with Gasteiger partial charge in [0.1, 0.15) is 5.82 Å². The Labute approximate surface area is 150 Å². The Bertz CT molecular complexity index is 877. The zero-order chi connectivity index (χ0) is 17.6. The third kappa shape index (κ3) is 5.02. The summed E-state index contributed by atoms with van der Waals surface area (Å²) >= 11 is 1.33. The number of amides is 2. The zero-order valence-corrected chi connectivity index (χ0v) is 14.9. The molecular weight excluding hydrogens is 334 g/mol. The minimum Gasteiger partial charge on any atom is -0.356 e. The SMILES string of the molecule is Cc1cccc(NC(=O)Nc2cccc(CNc3nc(C)ns3)c2)c1. The van der Waals surface area contributed by atoms with Gasteiger partial charge in [0.15, 0.2) is 0 Å². The van der Waals surface area contributed by atoms with Crippen LogP contribution in [-0.4, -0.2) is 15.4 Å². The number of hydrogen-bond donors (Lipinski definition) is 3. The number of benzene rings is 2. The fourth-order valence-electron chi connectivity index (χ4n) is 2.32. The van der Waals surface area contributed by atoms with E-state index in [-0.39, 0.29) is 6.03 Å². The molecule has 1 aromatic heterocycles. The van der Waals surface area contributed by atoms with Crippen LogP contribution in [0.4, 0.5) is 21.3 Å². The molecule has 0 saturated carbocycles. The number of aromatic nitrogens is 2. The van der Waals surface area contributed by atoms with E-state index in [1.165, 1.54) is 11.5 Å². The van der Waals surface area contributed by atoms with Crippen molar-refractivity contribution in [1.29, 1.82) is 0 Å². The average molecular weight is 353 g/mol. The van der Waals surface area contributed by atoms with Crippen molar-refractivity contribution >= 4 is 34.1 Å². The average Bonchev–Trinajstić information content (AvgIpc) is 2.99. The number of aryl methyl sites for hydroxylation is 2. The normalized spacial score (nSPS) is 10.3. The Kier molecular flexibility index (Phi) is 5.25. The van der Waals surface area contributed by atoms with Crippen LogP contribution >= 0.6 is 11.5 Å². The van der Waals surface area contributed by atoms with Crippen molar-refractivity contribution in [2.24, 2.45) is 0 Å². The number of hydrogen-bond acceptors (Lipinski definition) is 5. The third-order valence-corrected chi connectivity index (χ3v) is 4.20. The molecule has 0 radical (unpaired) electrons. The monoisotopic (exact) mass is 353 g/mol. The highest BCUT2D eigenvalue weighted by Crippen LogP contribution is 2.16. The van der Waals surface area contributed by atoms with Crippen LogP contribution in [0.2, 0.25) is 0 Å². The second-order valence-electron chi connectivity index (χ2n) is 5.65. The van der Waals surface area contributed by atoms with Crippen molar-refractivity contribution in [3.8, 4) is 0 Å². The lowest BCUT2D eigenvalue weighted by atomic mass is 10.2. The fourth-order valence-corrected chi connectivity index (χ4v) is 2.89. The summed E-state index contributed by atoms with van der Waals surface area (Å²) in [5.74, 6) is 0.760. The number of urea groups is 1. The van der Waals surface area contributed by atoms with E-state index in [9.17, 15) is 4.79 Å². The van der Waals surface area contributed by atoms with Crippen LogP contribution in [0.1, 0.15) is 17.0 Å². The molecule has 0 aliphatic heterocycles. The summed E-state index contributed by atoms with van der Waals surface area (Å²) in [4.78, 5) is 16.4. The lowest BCUT2D eigenvalue weighted by Crippen LogP contribution is -2.19. The van der Waals surface area contributed by atoms with Crippen LogP contribution in [0, 0.1) is 13.8 Å². The molecule has 2 amide bonds. The second kappa shape index (κ2) is 7.76. The predicted octanol–water partition coefficient (Wildman–Crippen LogP) is 4.41. The molecule has 0 aliphatic rings. The van der Waals surface area contributed by atoms with Gasteiger partial charge in [-0.2, -0.15) is 4.37 Å². The fraction of sp³-hybridized carbons (Fsp3) is 0.167. The van der Waals surface area contributed by atoms with Crippen LogP contribution in [0.25, 0.3) is 0 Å². The van der Waals surface area contributed by atoms with Crippen molar-refractivity contribution in [3.05, 3.63) is 65.5 Å².